The van der Waals surface area contributed by atoms with Crippen LogP contribution >= 0.6 is 11.3 Å². The lowest BCUT2D eigenvalue weighted by Gasteiger charge is -2.26. The van der Waals surface area contributed by atoms with Gasteiger partial charge in [0.2, 0.25) is 0 Å². The Morgan fingerprint density at radius 2 is 2.00 bits per heavy atom. The summed E-state index contributed by atoms with van der Waals surface area (Å²) < 4.78 is 5.50. The van der Waals surface area contributed by atoms with Crippen molar-refractivity contribution >= 4 is 33.2 Å². The summed E-state index contributed by atoms with van der Waals surface area (Å²) in [6.07, 6.45) is 6.67. The molecule has 3 aromatic rings. The SMILES string of the molecule is CN(C)c1ncccc1CNc1nc(CN2CCOCC2)nc2sc3c(c12)CCCC3. The third-order valence-corrected chi connectivity index (χ3v) is 7.25. The predicted molar refractivity (Wildman–Crippen MR) is 126 cm³/mol. The summed E-state index contributed by atoms with van der Waals surface area (Å²) >= 11 is 1.86. The number of nitrogens with one attached hydrogen (secondary N) is 1. The first-order valence-corrected chi connectivity index (χ1v) is 12.0. The summed E-state index contributed by atoms with van der Waals surface area (Å²) in [6.45, 7) is 4.91. The van der Waals surface area contributed by atoms with Gasteiger partial charge in [-0.05, 0) is 37.3 Å². The molecule has 164 valence electrons. The Labute approximate surface area is 187 Å². The van der Waals surface area contributed by atoms with E-state index in [4.69, 9.17) is 14.7 Å². The van der Waals surface area contributed by atoms with Crippen molar-refractivity contribution in [3.05, 3.63) is 40.2 Å². The lowest BCUT2D eigenvalue weighted by Crippen LogP contribution is -2.36. The van der Waals surface area contributed by atoms with Gasteiger partial charge in [0.05, 0.1) is 25.1 Å². The number of aromatic nitrogens is 3. The molecule has 0 unspecified atom stereocenters. The molecule has 0 atom stereocenters. The van der Waals surface area contributed by atoms with E-state index in [0.29, 0.717) is 6.54 Å². The van der Waals surface area contributed by atoms with Crippen molar-refractivity contribution in [2.45, 2.75) is 38.8 Å². The second-order valence-electron chi connectivity index (χ2n) is 8.50. The number of nitrogens with zero attached hydrogens (tertiary/aromatic N) is 5. The van der Waals surface area contributed by atoms with Gasteiger partial charge in [0.1, 0.15) is 22.3 Å². The standard InChI is InChI=1S/C23H30N6OS/c1-28(2)22-16(6-5-9-24-22)14-25-21-20-17-7-3-4-8-18(17)31-23(20)27-19(26-21)15-29-10-12-30-13-11-29/h5-6,9H,3-4,7-8,10-15H2,1-2H3,(H,25,26,27). The Hall–Kier alpha value is -2.29. The predicted octanol–water partition coefficient (Wildman–Crippen LogP) is 3.48. The normalized spacial score (nSPS) is 17.0. The number of aryl methyl sites for hydroxylation is 2. The molecule has 0 amide bonds. The number of ether oxygens (including phenoxy) is 1. The van der Waals surface area contributed by atoms with Gasteiger partial charge in [-0.15, -0.1) is 11.3 Å². The first-order valence-electron chi connectivity index (χ1n) is 11.2. The number of morpholine rings is 1. The molecule has 0 aromatic carbocycles. The molecule has 1 aliphatic heterocycles. The number of pyridine rings is 1. The molecule has 8 heteroatoms. The number of hydrogen-bond acceptors (Lipinski definition) is 8. The summed E-state index contributed by atoms with van der Waals surface area (Å²) in [5.41, 5.74) is 2.63. The fourth-order valence-corrected chi connectivity index (χ4v) is 5.79. The van der Waals surface area contributed by atoms with E-state index in [1.807, 2.05) is 37.7 Å². The minimum Gasteiger partial charge on any atom is -0.379 e. The van der Waals surface area contributed by atoms with Crippen LogP contribution in [0.25, 0.3) is 10.2 Å². The van der Waals surface area contributed by atoms with E-state index in [9.17, 15) is 0 Å². The quantitative estimate of drug-likeness (QED) is 0.632. The van der Waals surface area contributed by atoms with Crippen LogP contribution in [0.3, 0.4) is 0 Å². The highest BCUT2D eigenvalue weighted by molar-refractivity contribution is 7.19. The highest BCUT2D eigenvalue weighted by Gasteiger charge is 2.22. The van der Waals surface area contributed by atoms with E-state index < -0.39 is 0 Å². The van der Waals surface area contributed by atoms with Crippen LogP contribution in [0.15, 0.2) is 18.3 Å². The largest absolute Gasteiger partial charge is 0.379 e. The molecule has 1 N–H and O–H groups in total. The molecule has 0 saturated carbocycles. The minimum absolute atomic E-state index is 0.690. The first-order chi connectivity index (χ1) is 15.2. The Kier molecular flexibility index (Phi) is 6.02. The summed E-state index contributed by atoms with van der Waals surface area (Å²) in [5, 5.41) is 4.90. The summed E-state index contributed by atoms with van der Waals surface area (Å²) in [6, 6.07) is 4.13. The minimum atomic E-state index is 0.690. The van der Waals surface area contributed by atoms with Crippen molar-refractivity contribution in [1.29, 1.82) is 0 Å². The summed E-state index contributed by atoms with van der Waals surface area (Å²) in [7, 11) is 4.06. The number of rotatable bonds is 6. The fourth-order valence-electron chi connectivity index (χ4n) is 4.51. The van der Waals surface area contributed by atoms with Crippen LogP contribution < -0.4 is 10.2 Å². The van der Waals surface area contributed by atoms with Crippen molar-refractivity contribution in [3.8, 4) is 0 Å². The van der Waals surface area contributed by atoms with E-state index in [2.05, 4.69) is 26.2 Å². The fraction of sp³-hybridized carbons (Fsp3) is 0.522. The second kappa shape index (κ2) is 9.06. The second-order valence-corrected chi connectivity index (χ2v) is 9.59. The molecule has 7 nitrogen and oxygen atoms in total. The Morgan fingerprint density at radius 3 is 2.84 bits per heavy atom. The van der Waals surface area contributed by atoms with E-state index in [1.54, 1.807) is 0 Å². The van der Waals surface area contributed by atoms with Crippen LogP contribution in [0.5, 0.6) is 0 Å². The maximum absolute atomic E-state index is 5.50. The molecular weight excluding hydrogens is 408 g/mol. The van der Waals surface area contributed by atoms with Gasteiger partial charge >= 0.3 is 0 Å². The van der Waals surface area contributed by atoms with Gasteiger partial charge in [-0.25, -0.2) is 15.0 Å². The average molecular weight is 439 g/mol. The van der Waals surface area contributed by atoms with Crippen molar-refractivity contribution in [2.75, 3.05) is 50.6 Å². The van der Waals surface area contributed by atoms with Crippen molar-refractivity contribution in [1.82, 2.24) is 19.9 Å². The lowest BCUT2D eigenvalue weighted by atomic mass is 9.97. The van der Waals surface area contributed by atoms with E-state index in [1.165, 1.54) is 35.1 Å². The van der Waals surface area contributed by atoms with Gasteiger partial charge in [-0.2, -0.15) is 0 Å². The molecule has 1 aliphatic carbocycles. The van der Waals surface area contributed by atoms with Crippen LogP contribution in [0, 0.1) is 0 Å². The molecule has 3 aromatic heterocycles. The van der Waals surface area contributed by atoms with Gasteiger partial charge in [0, 0.05) is 50.4 Å². The highest BCUT2D eigenvalue weighted by atomic mass is 32.1. The number of fused-ring (bicyclic) bond motifs is 3. The maximum Gasteiger partial charge on any atom is 0.146 e. The zero-order valence-corrected chi connectivity index (χ0v) is 19.2. The monoisotopic (exact) mass is 438 g/mol. The molecule has 31 heavy (non-hydrogen) atoms. The molecule has 0 spiro atoms. The van der Waals surface area contributed by atoms with Crippen LogP contribution in [0.1, 0.15) is 34.7 Å². The Bertz CT molecular complexity index is 1060. The zero-order chi connectivity index (χ0) is 21.2. The molecule has 2 aliphatic rings. The molecular formula is C23H30N6OS. The van der Waals surface area contributed by atoms with E-state index in [-0.39, 0.29) is 0 Å². The van der Waals surface area contributed by atoms with E-state index in [0.717, 1.165) is 67.1 Å². The molecule has 0 bridgehead atoms. The van der Waals surface area contributed by atoms with Crippen LogP contribution in [-0.4, -0.2) is 60.3 Å². The third-order valence-electron chi connectivity index (χ3n) is 6.07. The first kappa shape index (κ1) is 20.6. The molecule has 1 saturated heterocycles. The average Bonchev–Trinajstić information content (AvgIpc) is 3.17. The summed E-state index contributed by atoms with van der Waals surface area (Å²) in [4.78, 5) is 21.6. The van der Waals surface area contributed by atoms with Crippen molar-refractivity contribution in [2.24, 2.45) is 0 Å². The van der Waals surface area contributed by atoms with Gasteiger partial charge < -0.3 is 15.0 Å². The Morgan fingerprint density at radius 1 is 1.16 bits per heavy atom. The third kappa shape index (κ3) is 4.37. The Balaban J connectivity index is 1.49. The van der Waals surface area contributed by atoms with Gasteiger partial charge in [-0.3, -0.25) is 4.90 Å². The van der Waals surface area contributed by atoms with Crippen LogP contribution in [-0.2, 0) is 30.7 Å². The van der Waals surface area contributed by atoms with Crippen LogP contribution in [0.2, 0.25) is 0 Å². The van der Waals surface area contributed by atoms with E-state index >= 15 is 0 Å². The molecule has 5 rings (SSSR count). The topological polar surface area (TPSA) is 66.4 Å². The van der Waals surface area contributed by atoms with Crippen molar-refractivity contribution in [3.63, 3.8) is 0 Å². The van der Waals surface area contributed by atoms with Gasteiger partial charge in [-0.1, -0.05) is 6.07 Å². The molecule has 4 heterocycles. The number of thiophene rings is 1. The zero-order valence-electron chi connectivity index (χ0n) is 18.4. The van der Waals surface area contributed by atoms with Gasteiger partial charge in [0.15, 0.2) is 0 Å². The smallest absolute Gasteiger partial charge is 0.146 e. The van der Waals surface area contributed by atoms with Gasteiger partial charge in [0.25, 0.3) is 0 Å². The maximum atomic E-state index is 5.50. The molecule has 1 fully saturated rings. The highest BCUT2D eigenvalue weighted by Crippen LogP contribution is 2.39. The number of hydrogen-bond donors (Lipinski definition) is 1. The van der Waals surface area contributed by atoms with Crippen LogP contribution in [0.4, 0.5) is 11.6 Å². The number of anilines is 2. The lowest BCUT2D eigenvalue weighted by molar-refractivity contribution is 0.0331. The summed E-state index contributed by atoms with van der Waals surface area (Å²) in [5.74, 6) is 2.86. The van der Waals surface area contributed by atoms with Crippen molar-refractivity contribution < 1.29 is 4.74 Å². The molecule has 0 radical (unpaired) electrons.